The number of rotatable bonds is 2. The molecule has 1 amide bonds. The van der Waals surface area contributed by atoms with E-state index in [2.05, 4.69) is 15.3 Å². The van der Waals surface area contributed by atoms with Gasteiger partial charge in [0.1, 0.15) is 5.84 Å². The van der Waals surface area contributed by atoms with Gasteiger partial charge in [0.05, 0.1) is 10.6 Å². The van der Waals surface area contributed by atoms with Gasteiger partial charge in [-0.1, -0.05) is 6.07 Å². The number of aromatic nitrogens is 1. The maximum Gasteiger partial charge on any atom is 0.289 e. The molecule has 0 radical (unpaired) electrons. The minimum absolute atomic E-state index is 0.216. The van der Waals surface area contributed by atoms with Crippen LogP contribution in [0.4, 0.5) is 19.3 Å². The normalized spacial score (nSPS) is 18.0. The van der Waals surface area contributed by atoms with E-state index in [0.717, 1.165) is 29.5 Å². The monoisotopic (exact) mass is 317 g/mol. The van der Waals surface area contributed by atoms with E-state index in [0.29, 0.717) is 10.7 Å². The van der Waals surface area contributed by atoms with Gasteiger partial charge in [-0.2, -0.15) is 0 Å². The van der Waals surface area contributed by atoms with Crippen molar-refractivity contribution in [1.29, 1.82) is 0 Å². The molecular formula is C15H9F2N3OS. The number of aliphatic imine (C=N–C) groups is 1. The number of nitrogens with zero attached hydrogens (tertiary/aromatic N) is 2. The van der Waals surface area contributed by atoms with Crippen molar-refractivity contribution in [2.24, 2.45) is 4.99 Å². The number of amides is 1. The number of carbonyl (C=O) groups is 1. The molecule has 1 fully saturated rings. The molecule has 22 heavy (non-hydrogen) atoms. The summed E-state index contributed by atoms with van der Waals surface area (Å²) in [5.74, 6) is -1.64. The second kappa shape index (κ2) is 6.07. The topological polar surface area (TPSA) is 54.4 Å². The van der Waals surface area contributed by atoms with Crippen molar-refractivity contribution in [3.63, 3.8) is 0 Å². The van der Waals surface area contributed by atoms with Crippen molar-refractivity contribution < 1.29 is 13.6 Å². The molecule has 1 aromatic heterocycles. The van der Waals surface area contributed by atoms with Crippen LogP contribution in [0.2, 0.25) is 0 Å². The predicted molar refractivity (Wildman–Crippen MR) is 81.8 cm³/mol. The van der Waals surface area contributed by atoms with E-state index in [9.17, 15) is 13.6 Å². The molecule has 0 saturated carbocycles. The molecule has 0 unspecified atom stereocenters. The van der Waals surface area contributed by atoms with Gasteiger partial charge in [-0.05, 0) is 41.6 Å². The zero-order chi connectivity index (χ0) is 15.5. The van der Waals surface area contributed by atoms with Gasteiger partial charge in [-0.25, -0.2) is 13.8 Å². The fraction of sp³-hybridized carbons (Fsp3) is 0. The zero-order valence-electron chi connectivity index (χ0n) is 11.1. The lowest BCUT2D eigenvalue weighted by molar-refractivity contribution is 0.265. The Labute approximate surface area is 129 Å². The maximum absolute atomic E-state index is 13.2. The van der Waals surface area contributed by atoms with Crippen LogP contribution in [-0.4, -0.2) is 16.1 Å². The van der Waals surface area contributed by atoms with Crippen LogP contribution in [0.3, 0.4) is 0 Å². The van der Waals surface area contributed by atoms with Crippen LogP contribution in [-0.2, 0) is 0 Å². The third kappa shape index (κ3) is 3.20. The molecule has 3 rings (SSSR count). The molecule has 7 heteroatoms. The van der Waals surface area contributed by atoms with Gasteiger partial charge in [0, 0.05) is 18.5 Å². The number of pyridine rings is 1. The van der Waals surface area contributed by atoms with Crippen LogP contribution >= 0.6 is 11.8 Å². The molecule has 1 aliphatic rings. The molecule has 110 valence electrons. The number of amidine groups is 1. The first kappa shape index (κ1) is 14.4. The van der Waals surface area contributed by atoms with Crippen molar-refractivity contribution in [3.8, 4) is 0 Å². The molecule has 2 heterocycles. The SMILES string of the molecule is O=C1NC(=Nc2ccc(F)c(F)c2)C(=Cc2cccnc2)S1. The third-order valence-electron chi connectivity index (χ3n) is 2.78. The lowest BCUT2D eigenvalue weighted by Crippen LogP contribution is -2.18. The smallest absolute Gasteiger partial charge is 0.289 e. The number of hydrogen-bond donors (Lipinski definition) is 1. The summed E-state index contributed by atoms with van der Waals surface area (Å²) in [6.07, 6.45) is 5.03. The highest BCUT2D eigenvalue weighted by Crippen LogP contribution is 2.28. The number of benzene rings is 1. The Morgan fingerprint density at radius 1 is 1.23 bits per heavy atom. The second-order valence-corrected chi connectivity index (χ2v) is 5.38. The largest absolute Gasteiger partial charge is 0.300 e. The van der Waals surface area contributed by atoms with Gasteiger partial charge in [-0.15, -0.1) is 0 Å². The summed E-state index contributed by atoms with van der Waals surface area (Å²) in [6.45, 7) is 0. The zero-order valence-corrected chi connectivity index (χ0v) is 11.9. The maximum atomic E-state index is 13.2. The fourth-order valence-corrected chi connectivity index (χ4v) is 2.55. The summed E-state index contributed by atoms with van der Waals surface area (Å²) >= 11 is 0.980. The van der Waals surface area contributed by atoms with E-state index >= 15 is 0 Å². The standard InChI is InChI=1S/C15H9F2N3OS/c16-11-4-3-10(7-12(11)17)19-14-13(22-15(21)20-14)6-9-2-1-5-18-8-9/h1-8H,(H,19,20,21). The summed E-state index contributed by atoms with van der Waals surface area (Å²) < 4.78 is 26.1. The van der Waals surface area contributed by atoms with Gasteiger partial charge in [0.25, 0.3) is 5.24 Å². The molecule has 4 nitrogen and oxygen atoms in total. The molecule has 0 spiro atoms. The minimum Gasteiger partial charge on any atom is -0.300 e. The van der Waals surface area contributed by atoms with E-state index in [-0.39, 0.29) is 10.9 Å². The van der Waals surface area contributed by atoms with Gasteiger partial charge in [0.15, 0.2) is 11.6 Å². The Balaban J connectivity index is 1.96. The summed E-state index contributed by atoms with van der Waals surface area (Å²) in [7, 11) is 0. The van der Waals surface area contributed by atoms with Gasteiger partial charge < -0.3 is 5.32 Å². The van der Waals surface area contributed by atoms with Crippen LogP contribution in [0.15, 0.2) is 52.6 Å². The van der Waals surface area contributed by atoms with Crippen LogP contribution in [0.5, 0.6) is 0 Å². The summed E-state index contributed by atoms with van der Waals surface area (Å²) in [4.78, 5) is 20.3. The van der Waals surface area contributed by atoms with Crippen molar-refractivity contribution in [2.45, 2.75) is 0 Å². The van der Waals surface area contributed by atoms with Crippen molar-refractivity contribution in [1.82, 2.24) is 10.3 Å². The third-order valence-corrected chi connectivity index (χ3v) is 3.60. The van der Waals surface area contributed by atoms with Crippen molar-refractivity contribution in [3.05, 3.63) is 64.8 Å². The van der Waals surface area contributed by atoms with Crippen molar-refractivity contribution >= 4 is 34.6 Å². The molecule has 1 aliphatic heterocycles. The van der Waals surface area contributed by atoms with Gasteiger partial charge >= 0.3 is 0 Å². The number of halogens is 2. The number of thioether (sulfide) groups is 1. The van der Waals surface area contributed by atoms with Gasteiger partial charge in [-0.3, -0.25) is 9.78 Å². The first-order valence-electron chi connectivity index (χ1n) is 6.26. The number of carbonyl (C=O) groups excluding carboxylic acids is 1. The second-order valence-electron chi connectivity index (χ2n) is 4.37. The molecular weight excluding hydrogens is 308 g/mol. The Morgan fingerprint density at radius 3 is 2.82 bits per heavy atom. The highest BCUT2D eigenvalue weighted by Gasteiger charge is 2.23. The summed E-state index contributed by atoms with van der Waals surface area (Å²) in [5, 5.41) is 2.29. The fourth-order valence-electron chi connectivity index (χ4n) is 1.81. The molecule has 1 N–H and O–H groups in total. The first-order valence-corrected chi connectivity index (χ1v) is 7.08. The van der Waals surface area contributed by atoms with E-state index in [1.54, 1.807) is 24.5 Å². The van der Waals surface area contributed by atoms with Crippen molar-refractivity contribution in [2.75, 3.05) is 0 Å². The quantitative estimate of drug-likeness (QED) is 0.914. The summed E-state index contributed by atoms with van der Waals surface area (Å²) in [6, 6.07) is 6.90. The predicted octanol–water partition coefficient (Wildman–Crippen LogP) is 3.89. The number of nitrogens with one attached hydrogen (secondary N) is 1. The molecule has 0 bridgehead atoms. The number of hydrogen-bond acceptors (Lipinski definition) is 4. The highest BCUT2D eigenvalue weighted by atomic mass is 32.2. The Morgan fingerprint density at radius 2 is 2.09 bits per heavy atom. The van der Waals surface area contributed by atoms with Crippen LogP contribution < -0.4 is 5.32 Å². The summed E-state index contributed by atoms with van der Waals surface area (Å²) in [5.41, 5.74) is 1.02. The molecule has 1 saturated heterocycles. The van der Waals surface area contributed by atoms with Crippen LogP contribution in [0.25, 0.3) is 6.08 Å². The van der Waals surface area contributed by atoms with Crippen LogP contribution in [0, 0.1) is 11.6 Å². The van der Waals surface area contributed by atoms with Gasteiger partial charge in [0.2, 0.25) is 0 Å². The molecule has 0 aliphatic carbocycles. The van der Waals surface area contributed by atoms with E-state index in [4.69, 9.17) is 0 Å². The van der Waals surface area contributed by atoms with E-state index < -0.39 is 11.6 Å². The Bertz CT molecular complexity index is 791. The molecule has 1 aromatic carbocycles. The highest BCUT2D eigenvalue weighted by molar-refractivity contribution is 8.18. The Kier molecular flexibility index (Phi) is 3.97. The average Bonchev–Trinajstić information content (AvgIpc) is 2.83. The lowest BCUT2D eigenvalue weighted by atomic mass is 10.2. The minimum atomic E-state index is -0.989. The average molecular weight is 317 g/mol. The molecule has 0 atom stereocenters. The first-order chi connectivity index (χ1) is 10.6. The van der Waals surface area contributed by atoms with E-state index in [1.807, 2.05) is 6.07 Å². The van der Waals surface area contributed by atoms with E-state index in [1.165, 1.54) is 6.07 Å². The molecule has 2 aromatic rings. The Hall–Kier alpha value is -2.54. The van der Waals surface area contributed by atoms with Crippen LogP contribution in [0.1, 0.15) is 5.56 Å². The lowest BCUT2D eigenvalue weighted by Gasteiger charge is -2.00.